The van der Waals surface area contributed by atoms with Crippen LogP contribution in [0.3, 0.4) is 0 Å². The Balaban J connectivity index is 0.00000205. The predicted molar refractivity (Wildman–Crippen MR) is 111 cm³/mol. The number of halogens is 1. The van der Waals surface area contributed by atoms with E-state index in [1.165, 1.54) is 0 Å². The molecule has 8 heteroatoms. The smallest absolute Gasteiger partial charge is 0.261 e. The summed E-state index contributed by atoms with van der Waals surface area (Å²) in [4.78, 5) is 9.19. The maximum absolute atomic E-state index is 6.31. The zero-order chi connectivity index (χ0) is 19.1. The molecule has 7 nitrogen and oxygen atoms in total. The summed E-state index contributed by atoms with van der Waals surface area (Å²) in [5, 5.41) is 4.10. The van der Waals surface area contributed by atoms with Gasteiger partial charge in [-0.05, 0) is 49.9 Å². The maximum atomic E-state index is 6.31. The number of aromatic nitrogens is 4. The monoisotopic (exact) mass is 411 g/mol. The highest BCUT2D eigenvalue weighted by Gasteiger charge is 2.39. The van der Waals surface area contributed by atoms with Crippen molar-refractivity contribution in [3.8, 4) is 17.2 Å². The molecule has 5 rings (SSSR count). The minimum absolute atomic E-state index is 0. The molecule has 2 N–H and O–H groups in total. The van der Waals surface area contributed by atoms with E-state index in [1.807, 2.05) is 60.1 Å². The van der Waals surface area contributed by atoms with E-state index < -0.39 is 5.54 Å². The van der Waals surface area contributed by atoms with Crippen LogP contribution in [0, 0.1) is 6.92 Å². The minimum Gasteiger partial charge on any atom is -0.486 e. The fraction of sp³-hybridized carbons (Fsp3) is 0.286. The highest BCUT2D eigenvalue weighted by molar-refractivity contribution is 5.85. The Bertz CT molecular complexity index is 1150. The summed E-state index contributed by atoms with van der Waals surface area (Å²) in [7, 11) is 0. The number of rotatable bonds is 5. The summed E-state index contributed by atoms with van der Waals surface area (Å²) < 4.78 is 13.5. The molecule has 1 saturated carbocycles. The first-order valence-electron chi connectivity index (χ1n) is 9.41. The topological polar surface area (TPSA) is 91.5 Å². The maximum Gasteiger partial charge on any atom is 0.261 e. The zero-order valence-corrected chi connectivity index (χ0v) is 16.9. The molecule has 29 heavy (non-hydrogen) atoms. The van der Waals surface area contributed by atoms with Crippen LogP contribution in [-0.4, -0.2) is 19.5 Å². The van der Waals surface area contributed by atoms with Crippen molar-refractivity contribution in [1.82, 2.24) is 19.5 Å². The Hall–Kier alpha value is -2.90. The van der Waals surface area contributed by atoms with Crippen LogP contribution >= 0.6 is 12.4 Å². The Morgan fingerprint density at radius 2 is 2.00 bits per heavy atom. The predicted octanol–water partition coefficient (Wildman–Crippen LogP) is 4.03. The third kappa shape index (κ3) is 3.47. The van der Waals surface area contributed by atoms with Crippen molar-refractivity contribution >= 4 is 18.1 Å². The van der Waals surface area contributed by atoms with Gasteiger partial charge in [0.25, 0.3) is 5.89 Å². The summed E-state index contributed by atoms with van der Waals surface area (Å²) in [5.41, 5.74) is 9.52. The van der Waals surface area contributed by atoms with E-state index in [-0.39, 0.29) is 12.4 Å². The van der Waals surface area contributed by atoms with Gasteiger partial charge in [0.2, 0.25) is 0 Å². The number of ether oxygens (including phenoxy) is 1. The Kier molecular flexibility index (Phi) is 5.02. The molecule has 0 saturated heterocycles. The fourth-order valence-corrected chi connectivity index (χ4v) is 3.51. The summed E-state index contributed by atoms with van der Waals surface area (Å²) in [6, 6.07) is 11.7. The molecule has 0 spiro atoms. The molecule has 1 aromatic carbocycles. The average molecular weight is 412 g/mol. The minimum atomic E-state index is -0.452. The van der Waals surface area contributed by atoms with Gasteiger partial charge in [0.15, 0.2) is 5.82 Å². The van der Waals surface area contributed by atoms with Crippen molar-refractivity contribution < 1.29 is 9.26 Å². The third-order valence-electron chi connectivity index (χ3n) is 5.34. The van der Waals surface area contributed by atoms with Crippen molar-refractivity contribution in [3.63, 3.8) is 0 Å². The number of hydrogen-bond donors (Lipinski definition) is 1. The second kappa shape index (κ2) is 7.50. The average Bonchev–Trinajstić information content (AvgIpc) is 3.33. The molecule has 4 aromatic rings. The summed E-state index contributed by atoms with van der Waals surface area (Å²) in [6.45, 7) is 2.39. The molecule has 1 aliphatic rings. The van der Waals surface area contributed by atoms with Crippen molar-refractivity contribution in [3.05, 3.63) is 65.9 Å². The number of aryl methyl sites for hydroxylation is 1. The van der Waals surface area contributed by atoms with Crippen LogP contribution in [-0.2, 0) is 12.1 Å². The van der Waals surface area contributed by atoms with Gasteiger partial charge in [0, 0.05) is 12.4 Å². The number of imidazole rings is 1. The molecule has 0 unspecified atom stereocenters. The van der Waals surface area contributed by atoms with E-state index >= 15 is 0 Å². The van der Waals surface area contributed by atoms with E-state index in [2.05, 4.69) is 15.1 Å². The number of nitrogens with zero attached hydrogens (tertiary/aromatic N) is 4. The Morgan fingerprint density at radius 3 is 2.76 bits per heavy atom. The lowest BCUT2D eigenvalue weighted by molar-refractivity contribution is 0.229. The van der Waals surface area contributed by atoms with Crippen LogP contribution in [0.1, 0.15) is 36.3 Å². The molecule has 1 aliphatic carbocycles. The van der Waals surface area contributed by atoms with Crippen LogP contribution in [0.15, 0.2) is 53.3 Å². The standard InChI is InChI=1S/C21H21N5O2.ClH/c1-14-6-4-11-26-12-15(23-18(14)26)13-27-17-8-3-2-7-16(17)19-24-20(25-28-19)21(22)9-5-10-21;/h2-4,6-8,11-12H,5,9-10,13,22H2,1H3;1H. The Morgan fingerprint density at radius 1 is 1.17 bits per heavy atom. The van der Waals surface area contributed by atoms with Gasteiger partial charge >= 0.3 is 0 Å². The number of hydrogen-bond acceptors (Lipinski definition) is 6. The van der Waals surface area contributed by atoms with Crippen LogP contribution < -0.4 is 10.5 Å². The molecular formula is C21H22ClN5O2. The molecule has 3 aromatic heterocycles. The van der Waals surface area contributed by atoms with Gasteiger partial charge in [-0.3, -0.25) is 0 Å². The normalized spacial score (nSPS) is 15.0. The highest BCUT2D eigenvalue weighted by atomic mass is 35.5. The van der Waals surface area contributed by atoms with E-state index in [0.29, 0.717) is 24.1 Å². The number of fused-ring (bicyclic) bond motifs is 1. The quantitative estimate of drug-likeness (QED) is 0.533. The lowest BCUT2D eigenvalue weighted by Crippen LogP contribution is -2.44. The molecular weight excluding hydrogens is 390 g/mol. The van der Waals surface area contributed by atoms with E-state index in [0.717, 1.165) is 41.7 Å². The number of para-hydroxylation sites is 1. The fourth-order valence-electron chi connectivity index (χ4n) is 3.51. The molecule has 3 heterocycles. The van der Waals surface area contributed by atoms with Gasteiger partial charge in [-0.2, -0.15) is 4.98 Å². The van der Waals surface area contributed by atoms with Crippen LogP contribution in [0.4, 0.5) is 0 Å². The van der Waals surface area contributed by atoms with Gasteiger partial charge in [0.05, 0.1) is 16.8 Å². The SMILES string of the molecule is Cc1cccn2cc(COc3ccccc3-c3nc(C4(N)CCC4)no3)nc12.Cl. The molecule has 1 fully saturated rings. The largest absolute Gasteiger partial charge is 0.486 e. The summed E-state index contributed by atoms with van der Waals surface area (Å²) >= 11 is 0. The lowest BCUT2D eigenvalue weighted by Gasteiger charge is -2.34. The van der Waals surface area contributed by atoms with E-state index in [4.69, 9.17) is 15.0 Å². The van der Waals surface area contributed by atoms with Crippen molar-refractivity contribution in [2.75, 3.05) is 0 Å². The third-order valence-corrected chi connectivity index (χ3v) is 5.34. The van der Waals surface area contributed by atoms with Crippen molar-refractivity contribution in [2.24, 2.45) is 5.73 Å². The first kappa shape index (κ1) is 19.4. The van der Waals surface area contributed by atoms with Crippen LogP contribution in [0.5, 0.6) is 5.75 Å². The number of nitrogens with two attached hydrogens (primary N) is 1. The second-order valence-corrected chi connectivity index (χ2v) is 7.37. The molecule has 0 radical (unpaired) electrons. The van der Waals surface area contributed by atoms with E-state index in [9.17, 15) is 0 Å². The second-order valence-electron chi connectivity index (χ2n) is 7.37. The van der Waals surface area contributed by atoms with Crippen LogP contribution in [0.25, 0.3) is 17.1 Å². The molecule has 0 bridgehead atoms. The number of pyridine rings is 1. The number of benzene rings is 1. The Labute approximate surface area is 174 Å². The molecule has 0 atom stereocenters. The van der Waals surface area contributed by atoms with Crippen LogP contribution in [0.2, 0.25) is 0 Å². The highest BCUT2D eigenvalue weighted by Crippen LogP contribution is 2.38. The first-order chi connectivity index (χ1) is 13.6. The van der Waals surface area contributed by atoms with Gasteiger partial charge in [-0.25, -0.2) is 4.98 Å². The van der Waals surface area contributed by atoms with Gasteiger partial charge in [0.1, 0.15) is 18.0 Å². The summed E-state index contributed by atoms with van der Waals surface area (Å²) in [6.07, 6.45) is 6.83. The van der Waals surface area contributed by atoms with Crippen molar-refractivity contribution in [2.45, 2.75) is 38.3 Å². The molecule has 0 aliphatic heterocycles. The van der Waals surface area contributed by atoms with Gasteiger partial charge < -0.3 is 19.4 Å². The van der Waals surface area contributed by atoms with E-state index in [1.54, 1.807) is 0 Å². The molecule has 150 valence electrons. The molecule has 0 amide bonds. The zero-order valence-electron chi connectivity index (χ0n) is 16.0. The van der Waals surface area contributed by atoms with Crippen molar-refractivity contribution in [1.29, 1.82) is 0 Å². The first-order valence-corrected chi connectivity index (χ1v) is 9.41. The summed E-state index contributed by atoms with van der Waals surface area (Å²) in [5.74, 6) is 1.67. The van der Waals surface area contributed by atoms with Gasteiger partial charge in [-0.1, -0.05) is 23.4 Å². The lowest BCUT2D eigenvalue weighted by atomic mass is 9.77. The van der Waals surface area contributed by atoms with Gasteiger partial charge in [-0.15, -0.1) is 12.4 Å².